The van der Waals surface area contributed by atoms with Crippen LogP contribution in [0.5, 0.6) is 0 Å². The quantitative estimate of drug-likeness (QED) is 0.264. The highest BCUT2D eigenvalue weighted by atomic mass is 35.5. The van der Waals surface area contributed by atoms with Gasteiger partial charge in [-0.15, -0.1) is 0 Å². The van der Waals surface area contributed by atoms with Crippen LogP contribution in [0.25, 0.3) is 16.6 Å². The Bertz CT molecular complexity index is 1280. The van der Waals surface area contributed by atoms with Gasteiger partial charge in [-0.3, -0.25) is 9.36 Å². The lowest BCUT2D eigenvalue weighted by Gasteiger charge is -2.14. The fraction of sp³-hybridized carbons (Fsp3) is 0.130. The number of halogens is 2. The third-order valence-electron chi connectivity index (χ3n) is 4.85. The molecule has 0 N–H and O–H groups in total. The third-order valence-corrected chi connectivity index (χ3v) is 6.59. The van der Waals surface area contributed by atoms with Gasteiger partial charge in [0.05, 0.1) is 26.6 Å². The molecule has 0 radical (unpaired) electrons. The Morgan fingerprint density at radius 1 is 0.931 bits per heavy atom. The highest BCUT2D eigenvalue weighted by Gasteiger charge is 2.14. The van der Waals surface area contributed by atoms with Crippen LogP contribution in [0, 0.1) is 13.8 Å². The van der Waals surface area contributed by atoms with Crippen LogP contribution in [0.3, 0.4) is 0 Å². The number of para-hydroxylation sites is 1. The molecule has 4 aromatic rings. The average Bonchev–Trinajstić information content (AvgIpc) is 2.71. The monoisotopic (exact) mass is 440 g/mol. The largest absolute Gasteiger partial charge is 0.268 e. The van der Waals surface area contributed by atoms with Gasteiger partial charge in [0.25, 0.3) is 5.56 Å². The van der Waals surface area contributed by atoms with Crippen LogP contribution in [0.2, 0.25) is 10.0 Å². The summed E-state index contributed by atoms with van der Waals surface area (Å²) in [5.41, 5.74) is 4.88. The zero-order valence-electron chi connectivity index (χ0n) is 15.9. The topological polar surface area (TPSA) is 34.9 Å². The second-order valence-corrected chi connectivity index (χ2v) is 8.61. The molecule has 0 atom stereocenters. The van der Waals surface area contributed by atoms with E-state index < -0.39 is 0 Å². The van der Waals surface area contributed by atoms with Crippen molar-refractivity contribution in [2.24, 2.45) is 0 Å². The van der Waals surface area contributed by atoms with Gasteiger partial charge in [0.15, 0.2) is 5.16 Å². The molecule has 4 rings (SSSR count). The first-order chi connectivity index (χ1) is 13.9. The van der Waals surface area contributed by atoms with Gasteiger partial charge in [-0.25, -0.2) is 4.98 Å². The molecule has 0 aliphatic carbocycles. The molecule has 0 spiro atoms. The number of fused-ring (bicyclic) bond motifs is 1. The van der Waals surface area contributed by atoms with Crippen molar-refractivity contribution in [3.05, 3.63) is 97.8 Å². The predicted octanol–water partition coefficient (Wildman–Crippen LogP) is 6.60. The molecule has 3 aromatic carbocycles. The third kappa shape index (κ3) is 4.06. The SMILES string of the molecule is Cc1ccc(CSc2nc3ccccc3c(=O)n2-c2ccc(Cl)c(Cl)c2)cc1C. The summed E-state index contributed by atoms with van der Waals surface area (Å²) in [5, 5.41) is 2.02. The van der Waals surface area contributed by atoms with Gasteiger partial charge >= 0.3 is 0 Å². The lowest BCUT2D eigenvalue weighted by molar-refractivity contribution is 0.819. The van der Waals surface area contributed by atoms with Crippen LogP contribution < -0.4 is 5.56 Å². The van der Waals surface area contributed by atoms with Crippen molar-refractivity contribution in [3.63, 3.8) is 0 Å². The van der Waals surface area contributed by atoms with Gasteiger partial charge in [0.1, 0.15) is 0 Å². The van der Waals surface area contributed by atoms with Gasteiger partial charge in [-0.1, -0.05) is 65.3 Å². The Kier molecular flexibility index (Phi) is 5.68. The van der Waals surface area contributed by atoms with Gasteiger partial charge in [-0.05, 0) is 60.9 Å². The molecule has 6 heteroatoms. The number of thioether (sulfide) groups is 1. The number of aryl methyl sites for hydroxylation is 2. The molecule has 0 saturated carbocycles. The van der Waals surface area contributed by atoms with Gasteiger partial charge < -0.3 is 0 Å². The van der Waals surface area contributed by atoms with E-state index >= 15 is 0 Å². The summed E-state index contributed by atoms with van der Waals surface area (Å²) < 4.78 is 1.61. The minimum absolute atomic E-state index is 0.128. The van der Waals surface area contributed by atoms with E-state index in [1.165, 1.54) is 28.5 Å². The Balaban J connectivity index is 1.83. The molecule has 1 heterocycles. The first-order valence-electron chi connectivity index (χ1n) is 9.10. The summed E-state index contributed by atoms with van der Waals surface area (Å²) in [6.45, 7) is 4.20. The second kappa shape index (κ2) is 8.23. The molecule has 0 unspecified atom stereocenters. The van der Waals surface area contributed by atoms with Gasteiger partial charge in [0, 0.05) is 5.75 Å². The number of aromatic nitrogens is 2. The molecular weight excluding hydrogens is 423 g/mol. The summed E-state index contributed by atoms with van der Waals surface area (Å²) in [6.07, 6.45) is 0. The summed E-state index contributed by atoms with van der Waals surface area (Å²) >= 11 is 13.8. The van der Waals surface area contributed by atoms with Crippen molar-refractivity contribution in [3.8, 4) is 5.69 Å². The lowest BCUT2D eigenvalue weighted by Crippen LogP contribution is -2.21. The lowest BCUT2D eigenvalue weighted by atomic mass is 10.1. The molecular formula is C23H18Cl2N2OS. The predicted molar refractivity (Wildman–Crippen MR) is 123 cm³/mol. The minimum atomic E-state index is -0.128. The Hall–Kier alpha value is -2.27. The molecule has 146 valence electrons. The number of nitrogens with zero attached hydrogens (tertiary/aromatic N) is 2. The fourth-order valence-electron chi connectivity index (χ4n) is 3.10. The van der Waals surface area contributed by atoms with Crippen molar-refractivity contribution in [1.82, 2.24) is 9.55 Å². The molecule has 3 nitrogen and oxygen atoms in total. The molecule has 0 fully saturated rings. The van der Waals surface area contributed by atoms with E-state index in [1.54, 1.807) is 28.8 Å². The van der Waals surface area contributed by atoms with Crippen LogP contribution in [0.4, 0.5) is 0 Å². The van der Waals surface area contributed by atoms with E-state index in [2.05, 4.69) is 32.0 Å². The van der Waals surface area contributed by atoms with Crippen molar-refractivity contribution in [2.75, 3.05) is 0 Å². The maximum absolute atomic E-state index is 13.3. The number of hydrogen-bond acceptors (Lipinski definition) is 3. The van der Waals surface area contributed by atoms with Gasteiger partial charge in [0.2, 0.25) is 0 Å². The van der Waals surface area contributed by atoms with Crippen molar-refractivity contribution in [1.29, 1.82) is 0 Å². The first kappa shape index (κ1) is 20.0. The second-order valence-electron chi connectivity index (χ2n) is 6.86. The molecule has 0 amide bonds. The summed E-state index contributed by atoms with van der Waals surface area (Å²) in [5.74, 6) is 0.702. The summed E-state index contributed by atoms with van der Waals surface area (Å²) in [7, 11) is 0. The number of rotatable bonds is 4. The summed E-state index contributed by atoms with van der Waals surface area (Å²) in [4.78, 5) is 18.1. The Morgan fingerprint density at radius 2 is 1.72 bits per heavy atom. The first-order valence-corrected chi connectivity index (χ1v) is 10.8. The average molecular weight is 441 g/mol. The van der Waals surface area contributed by atoms with E-state index in [0.717, 1.165) is 0 Å². The molecule has 0 saturated heterocycles. The molecule has 0 bridgehead atoms. The highest BCUT2D eigenvalue weighted by Crippen LogP contribution is 2.28. The van der Waals surface area contributed by atoms with E-state index in [1.807, 2.05) is 18.2 Å². The molecule has 0 aliphatic rings. The van der Waals surface area contributed by atoms with Crippen LogP contribution in [-0.4, -0.2) is 9.55 Å². The smallest absolute Gasteiger partial charge is 0.266 e. The normalized spacial score (nSPS) is 11.2. The number of benzene rings is 3. The van der Waals surface area contributed by atoms with Crippen LogP contribution in [0.1, 0.15) is 16.7 Å². The van der Waals surface area contributed by atoms with Crippen LogP contribution in [-0.2, 0) is 5.75 Å². The van der Waals surface area contributed by atoms with Crippen LogP contribution in [0.15, 0.2) is 70.6 Å². The highest BCUT2D eigenvalue weighted by molar-refractivity contribution is 7.98. The van der Waals surface area contributed by atoms with Crippen molar-refractivity contribution < 1.29 is 0 Å². The van der Waals surface area contributed by atoms with E-state index in [9.17, 15) is 4.79 Å². The number of hydrogen-bond donors (Lipinski definition) is 0. The Morgan fingerprint density at radius 3 is 2.48 bits per heavy atom. The standard InChI is InChI=1S/C23H18Cl2N2OS/c1-14-7-8-16(11-15(14)2)13-29-23-26-21-6-4-3-5-18(21)22(28)27(23)17-9-10-19(24)20(25)12-17/h3-12H,13H2,1-2H3. The van der Waals surface area contributed by atoms with Crippen molar-refractivity contribution in [2.45, 2.75) is 24.8 Å². The van der Waals surface area contributed by atoms with Crippen molar-refractivity contribution >= 4 is 45.9 Å². The Labute approximate surface area is 183 Å². The van der Waals surface area contributed by atoms with Crippen LogP contribution >= 0.6 is 35.0 Å². The maximum atomic E-state index is 13.3. The van der Waals surface area contributed by atoms with E-state index in [4.69, 9.17) is 28.2 Å². The fourth-order valence-corrected chi connectivity index (χ4v) is 4.35. The zero-order valence-corrected chi connectivity index (χ0v) is 18.3. The van der Waals surface area contributed by atoms with E-state index in [0.29, 0.717) is 37.5 Å². The minimum Gasteiger partial charge on any atom is -0.268 e. The molecule has 29 heavy (non-hydrogen) atoms. The maximum Gasteiger partial charge on any atom is 0.266 e. The zero-order chi connectivity index (χ0) is 20.5. The summed E-state index contributed by atoms with van der Waals surface area (Å²) in [6, 6.07) is 18.9. The van der Waals surface area contributed by atoms with E-state index in [-0.39, 0.29) is 5.56 Å². The molecule has 0 aliphatic heterocycles. The van der Waals surface area contributed by atoms with Gasteiger partial charge in [-0.2, -0.15) is 0 Å². The molecule has 1 aromatic heterocycles.